The molecular weight excluding hydrogens is 349 g/mol. The summed E-state index contributed by atoms with van der Waals surface area (Å²) in [5.74, 6) is 0.273. The zero-order valence-electron chi connectivity index (χ0n) is 14.7. The molecule has 3 aromatic rings. The molecule has 0 atom stereocenters. The van der Waals surface area contributed by atoms with Gasteiger partial charge in [-0.15, -0.1) is 0 Å². The maximum Gasteiger partial charge on any atom is 0.138 e. The van der Waals surface area contributed by atoms with E-state index in [2.05, 4.69) is 17.1 Å². The summed E-state index contributed by atoms with van der Waals surface area (Å²) in [4.78, 5) is 4.54. The Labute approximate surface area is 157 Å². The molecule has 0 amide bonds. The smallest absolute Gasteiger partial charge is 0.138 e. The van der Waals surface area contributed by atoms with Crippen LogP contribution in [0.4, 0.5) is 10.1 Å². The van der Waals surface area contributed by atoms with Crippen molar-refractivity contribution in [3.63, 3.8) is 0 Å². The molecule has 0 aliphatic heterocycles. The highest BCUT2D eigenvalue weighted by Crippen LogP contribution is 2.26. The van der Waals surface area contributed by atoms with Crippen molar-refractivity contribution in [2.24, 2.45) is 4.99 Å². The second kappa shape index (κ2) is 8.15. The highest BCUT2D eigenvalue weighted by Gasteiger charge is 2.04. The summed E-state index contributed by atoms with van der Waals surface area (Å²) in [5.41, 5.74) is 4.86. The van der Waals surface area contributed by atoms with E-state index in [9.17, 15) is 4.39 Å². The molecule has 4 heteroatoms. The first kappa shape index (κ1) is 18.2. The molecule has 2 nitrogen and oxygen atoms in total. The number of hydrogen-bond donors (Lipinski definition) is 0. The molecule has 0 bridgehead atoms. The molecule has 0 heterocycles. The van der Waals surface area contributed by atoms with E-state index < -0.39 is 0 Å². The minimum absolute atomic E-state index is 0.257. The van der Waals surface area contributed by atoms with Crippen LogP contribution in [-0.4, -0.2) is 6.21 Å². The van der Waals surface area contributed by atoms with Crippen molar-refractivity contribution >= 4 is 23.5 Å². The number of ether oxygens (including phenoxy) is 1. The predicted octanol–water partition coefficient (Wildman–Crippen LogP) is 6.43. The number of aliphatic imine (C=N–C) groups is 1. The van der Waals surface area contributed by atoms with Crippen LogP contribution in [0.25, 0.3) is 0 Å². The maximum atomic E-state index is 13.2. The van der Waals surface area contributed by atoms with Gasteiger partial charge in [0.05, 0.1) is 10.7 Å². The van der Waals surface area contributed by atoms with Crippen LogP contribution in [0.1, 0.15) is 22.3 Å². The van der Waals surface area contributed by atoms with Crippen molar-refractivity contribution in [2.45, 2.75) is 20.5 Å². The number of hydrogen-bond acceptors (Lipinski definition) is 2. The van der Waals surface area contributed by atoms with Crippen molar-refractivity contribution in [3.8, 4) is 5.75 Å². The second-order valence-electron chi connectivity index (χ2n) is 6.16. The number of benzene rings is 3. The molecule has 0 unspecified atom stereocenters. The minimum Gasteiger partial charge on any atom is -0.487 e. The molecule has 0 aliphatic carbocycles. The van der Waals surface area contributed by atoms with Crippen molar-refractivity contribution in [2.75, 3.05) is 0 Å². The van der Waals surface area contributed by atoms with Gasteiger partial charge in [0.1, 0.15) is 18.2 Å². The minimum atomic E-state index is -0.282. The molecule has 3 aromatic carbocycles. The van der Waals surface area contributed by atoms with E-state index in [-0.39, 0.29) is 12.4 Å². The third kappa shape index (κ3) is 4.70. The monoisotopic (exact) mass is 367 g/mol. The average molecular weight is 368 g/mol. The fourth-order valence-electron chi connectivity index (χ4n) is 2.50. The van der Waals surface area contributed by atoms with Crippen LogP contribution in [0.2, 0.25) is 5.02 Å². The van der Waals surface area contributed by atoms with Crippen LogP contribution in [0.5, 0.6) is 5.75 Å². The molecule has 26 heavy (non-hydrogen) atoms. The van der Waals surface area contributed by atoms with Crippen LogP contribution < -0.4 is 4.74 Å². The Bertz CT molecular complexity index is 953. The summed E-state index contributed by atoms with van der Waals surface area (Å²) in [6.45, 7) is 4.33. The van der Waals surface area contributed by atoms with Crippen molar-refractivity contribution < 1.29 is 9.13 Å². The summed E-state index contributed by atoms with van der Waals surface area (Å²) in [6, 6.07) is 18.0. The lowest BCUT2D eigenvalue weighted by Gasteiger charge is -2.09. The van der Waals surface area contributed by atoms with E-state index in [4.69, 9.17) is 16.3 Å². The van der Waals surface area contributed by atoms with Gasteiger partial charge in [-0.2, -0.15) is 0 Å². The Morgan fingerprint density at radius 2 is 1.88 bits per heavy atom. The molecule has 0 aromatic heterocycles. The normalized spacial score (nSPS) is 11.1. The first-order valence-electron chi connectivity index (χ1n) is 8.29. The molecule has 0 saturated carbocycles. The van der Waals surface area contributed by atoms with Gasteiger partial charge in [0.2, 0.25) is 0 Å². The van der Waals surface area contributed by atoms with Gasteiger partial charge in [-0.1, -0.05) is 35.9 Å². The summed E-state index contributed by atoms with van der Waals surface area (Å²) < 4.78 is 18.9. The molecular formula is C22H19ClFNO. The lowest BCUT2D eigenvalue weighted by Crippen LogP contribution is -1.97. The summed E-state index contributed by atoms with van der Waals surface area (Å²) in [7, 11) is 0. The molecule has 0 fully saturated rings. The molecule has 3 rings (SSSR count). The lowest BCUT2D eigenvalue weighted by molar-refractivity contribution is 0.306. The average Bonchev–Trinajstić information content (AvgIpc) is 2.62. The van der Waals surface area contributed by atoms with E-state index in [1.54, 1.807) is 24.4 Å². The fourth-order valence-corrected chi connectivity index (χ4v) is 2.75. The molecule has 132 valence electrons. The Kier molecular flexibility index (Phi) is 5.69. The number of nitrogens with zero attached hydrogens (tertiary/aromatic N) is 1. The third-order valence-corrected chi connectivity index (χ3v) is 4.25. The molecule has 0 radical (unpaired) electrons. The molecule has 0 N–H and O–H groups in total. The van der Waals surface area contributed by atoms with E-state index in [1.807, 2.05) is 32.0 Å². The van der Waals surface area contributed by atoms with Gasteiger partial charge in [0.15, 0.2) is 0 Å². The number of rotatable bonds is 5. The second-order valence-corrected chi connectivity index (χ2v) is 6.56. The maximum absolute atomic E-state index is 13.2. The van der Waals surface area contributed by atoms with Gasteiger partial charge < -0.3 is 4.74 Å². The van der Waals surface area contributed by atoms with Crippen molar-refractivity contribution in [1.82, 2.24) is 0 Å². The van der Waals surface area contributed by atoms with Crippen LogP contribution in [0.15, 0.2) is 65.7 Å². The van der Waals surface area contributed by atoms with Gasteiger partial charge in [0.25, 0.3) is 0 Å². The highest BCUT2D eigenvalue weighted by atomic mass is 35.5. The Balaban J connectivity index is 1.71. The van der Waals surface area contributed by atoms with Gasteiger partial charge in [0, 0.05) is 6.21 Å². The topological polar surface area (TPSA) is 21.6 Å². The van der Waals surface area contributed by atoms with Crippen LogP contribution in [0, 0.1) is 19.7 Å². The third-order valence-electron chi connectivity index (χ3n) is 3.96. The number of halogens is 2. The summed E-state index contributed by atoms with van der Waals surface area (Å²) in [5, 5.41) is 0.492. The zero-order valence-corrected chi connectivity index (χ0v) is 15.4. The van der Waals surface area contributed by atoms with Crippen LogP contribution in [-0.2, 0) is 6.61 Å². The first-order valence-corrected chi connectivity index (χ1v) is 8.67. The molecule has 0 spiro atoms. The van der Waals surface area contributed by atoms with E-state index in [0.29, 0.717) is 10.8 Å². The number of aryl methyl sites for hydroxylation is 2. The zero-order chi connectivity index (χ0) is 18.5. The largest absolute Gasteiger partial charge is 0.487 e. The highest BCUT2D eigenvalue weighted by molar-refractivity contribution is 6.32. The van der Waals surface area contributed by atoms with Gasteiger partial charge in [-0.25, -0.2) is 4.39 Å². The Hall–Kier alpha value is -2.65. The van der Waals surface area contributed by atoms with Crippen LogP contribution in [0.3, 0.4) is 0 Å². The van der Waals surface area contributed by atoms with E-state index in [0.717, 1.165) is 22.4 Å². The lowest BCUT2D eigenvalue weighted by atomic mass is 10.1. The first-order chi connectivity index (χ1) is 12.5. The SMILES string of the molecule is Cc1ccc(C)c(N=Cc2ccc(OCc3cccc(F)c3)c(Cl)c2)c1. The standard InChI is InChI=1S/C22H19ClFNO/c1-15-6-7-16(2)21(10-15)25-13-17-8-9-22(20(23)12-17)26-14-18-4-3-5-19(24)11-18/h3-13H,14H2,1-2H3. The molecule has 0 saturated heterocycles. The van der Waals surface area contributed by atoms with Gasteiger partial charge in [-0.05, 0) is 72.5 Å². The van der Waals surface area contributed by atoms with E-state index >= 15 is 0 Å². The Morgan fingerprint density at radius 3 is 2.65 bits per heavy atom. The summed E-state index contributed by atoms with van der Waals surface area (Å²) >= 11 is 6.30. The fraction of sp³-hybridized carbons (Fsp3) is 0.136. The van der Waals surface area contributed by atoms with E-state index in [1.165, 1.54) is 17.7 Å². The van der Waals surface area contributed by atoms with Crippen molar-refractivity contribution in [3.05, 3.63) is 93.8 Å². The predicted molar refractivity (Wildman–Crippen MR) is 105 cm³/mol. The van der Waals surface area contributed by atoms with Crippen molar-refractivity contribution in [1.29, 1.82) is 0 Å². The van der Waals surface area contributed by atoms with Gasteiger partial charge >= 0.3 is 0 Å². The summed E-state index contributed by atoms with van der Waals surface area (Å²) in [6.07, 6.45) is 1.78. The van der Waals surface area contributed by atoms with Gasteiger partial charge in [-0.3, -0.25) is 4.99 Å². The quantitative estimate of drug-likeness (QED) is 0.476. The Morgan fingerprint density at radius 1 is 1.04 bits per heavy atom. The molecule has 0 aliphatic rings. The van der Waals surface area contributed by atoms with Crippen LogP contribution >= 0.6 is 11.6 Å².